The average Bonchev–Trinajstić information content (AvgIpc) is 2.48. The lowest BCUT2D eigenvalue weighted by atomic mass is 10.1. The van der Waals surface area contributed by atoms with Crippen LogP contribution in [0.25, 0.3) is 0 Å². The zero-order valence-corrected chi connectivity index (χ0v) is 11.0. The predicted molar refractivity (Wildman–Crippen MR) is 68.7 cm³/mol. The van der Waals surface area contributed by atoms with E-state index in [1.807, 2.05) is 6.07 Å². The number of carbonyl (C=O) groups is 1. The third-order valence-corrected chi connectivity index (χ3v) is 2.81. The lowest BCUT2D eigenvalue weighted by molar-refractivity contribution is -0.0719. The molecule has 0 aliphatic carbocycles. The molecule has 104 valence electrons. The van der Waals surface area contributed by atoms with E-state index in [0.29, 0.717) is 44.3 Å². The summed E-state index contributed by atoms with van der Waals surface area (Å²) in [5.74, 6) is 0.450. The average molecular weight is 266 g/mol. The molecule has 1 aliphatic rings. The van der Waals surface area contributed by atoms with E-state index in [2.05, 4.69) is 0 Å². The Morgan fingerprint density at radius 3 is 2.89 bits per heavy atom. The van der Waals surface area contributed by atoms with E-state index in [0.717, 1.165) is 0 Å². The van der Waals surface area contributed by atoms with E-state index in [-0.39, 0.29) is 5.78 Å². The van der Waals surface area contributed by atoms with Gasteiger partial charge < -0.3 is 18.9 Å². The van der Waals surface area contributed by atoms with E-state index in [9.17, 15) is 4.79 Å². The molecule has 0 bridgehead atoms. The lowest BCUT2D eigenvalue weighted by Crippen LogP contribution is -2.35. The van der Waals surface area contributed by atoms with Crippen molar-refractivity contribution < 1.29 is 23.7 Å². The Labute approximate surface area is 112 Å². The molecule has 0 amide bonds. The van der Waals surface area contributed by atoms with Gasteiger partial charge in [-0.15, -0.1) is 0 Å². The Morgan fingerprint density at radius 1 is 1.32 bits per heavy atom. The maximum absolute atomic E-state index is 12.3. The van der Waals surface area contributed by atoms with Gasteiger partial charge in [-0.05, 0) is 12.1 Å². The minimum atomic E-state index is -0.541. The summed E-state index contributed by atoms with van der Waals surface area (Å²) >= 11 is 0. The fraction of sp³-hybridized carbons (Fsp3) is 0.500. The standard InChI is InChI=1S/C14H18O5/c1-16-6-8-18-12-5-3-2-4-11(12)14(15)13-10-17-7-9-19-13/h2-5,13H,6-10H2,1H3. The summed E-state index contributed by atoms with van der Waals surface area (Å²) < 4.78 is 21.1. The number of benzene rings is 1. The van der Waals surface area contributed by atoms with Crippen molar-refractivity contribution in [2.24, 2.45) is 0 Å². The van der Waals surface area contributed by atoms with Crippen LogP contribution in [0, 0.1) is 0 Å². The Kier molecular flexibility index (Phi) is 5.32. The van der Waals surface area contributed by atoms with Crippen LogP contribution in [-0.2, 0) is 14.2 Å². The summed E-state index contributed by atoms with van der Waals surface area (Å²) in [6.07, 6.45) is -0.541. The van der Waals surface area contributed by atoms with Crippen molar-refractivity contribution in [3.05, 3.63) is 29.8 Å². The van der Waals surface area contributed by atoms with Crippen molar-refractivity contribution in [2.45, 2.75) is 6.10 Å². The first-order valence-corrected chi connectivity index (χ1v) is 6.27. The fourth-order valence-electron chi connectivity index (χ4n) is 1.84. The number of methoxy groups -OCH3 is 1. The molecule has 2 rings (SSSR count). The monoisotopic (exact) mass is 266 g/mol. The molecule has 5 heteroatoms. The summed E-state index contributed by atoms with van der Waals surface area (Å²) in [6.45, 7) is 2.17. The minimum Gasteiger partial charge on any atom is -0.490 e. The van der Waals surface area contributed by atoms with Gasteiger partial charge in [0.2, 0.25) is 0 Å². The lowest BCUT2D eigenvalue weighted by Gasteiger charge is -2.22. The molecule has 1 aromatic carbocycles. The van der Waals surface area contributed by atoms with Crippen molar-refractivity contribution in [3.8, 4) is 5.75 Å². The third kappa shape index (κ3) is 3.76. The number of Topliss-reactive ketones (excluding diaryl/α,β-unsaturated/α-hetero) is 1. The van der Waals surface area contributed by atoms with Gasteiger partial charge in [0.1, 0.15) is 18.5 Å². The molecule has 1 aliphatic heterocycles. The van der Waals surface area contributed by atoms with Crippen molar-refractivity contribution in [3.63, 3.8) is 0 Å². The predicted octanol–water partition coefficient (Wildman–Crippen LogP) is 1.31. The van der Waals surface area contributed by atoms with E-state index in [1.165, 1.54) is 0 Å². The van der Waals surface area contributed by atoms with Crippen molar-refractivity contribution in [2.75, 3.05) is 40.1 Å². The SMILES string of the molecule is COCCOc1ccccc1C(=O)C1COCCO1. The van der Waals surface area contributed by atoms with Gasteiger partial charge in [-0.2, -0.15) is 0 Å². The summed E-state index contributed by atoms with van der Waals surface area (Å²) in [5.41, 5.74) is 0.522. The highest BCUT2D eigenvalue weighted by Gasteiger charge is 2.26. The van der Waals surface area contributed by atoms with Gasteiger partial charge in [0.15, 0.2) is 5.78 Å². The van der Waals surface area contributed by atoms with E-state index in [4.69, 9.17) is 18.9 Å². The van der Waals surface area contributed by atoms with Crippen LogP contribution in [0.1, 0.15) is 10.4 Å². The molecule has 0 aromatic heterocycles. The molecule has 1 saturated heterocycles. The minimum absolute atomic E-state index is 0.104. The molecule has 1 atom stereocenters. The van der Waals surface area contributed by atoms with Gasteiger partial charge in [-0.3, -0.25) is 4.79 Å². The first-order chi connectivity index (χ1) is 9.33. The van der Waals surface area contributed by atoms with Gasteiger partial charge in [-0.25, -0.2) is 0 Å². The highest BCUT2D eigenvalue weighted by Crippen LogP contribution is 2.21. The summed E-state index contributed by atoms with van der Waals surface area (Å²) in [6, 6.07) is 7.15. The first-order valence-electron chi connectivity index (χ1n) is 6.27. The molecule has 1 unspecified atom stereocenters. The molecule has 0 N–H and O–H groups in total. The Bertz CT molecular complexity index is 412. The molecule has 0 radical (unpaired) electrons. The van der Waals surface area contributed by atoms with Gasteiger partial charge in [-0.1, -0.05) is 12.1 Å². The highest BCUT2D eigenvalue weighted by molar-refractivity contribution is 6.02. The van der Waals surface area contributed by atoms with Crippen LogP contribution in [0.3, 0.4) is 0 Å². The van der Waals surface area contributed by atoms with Crippen LogP contribution in [0.4, 0.5) is 0 Å². The van der Waals surface area contributed by atoms with Crippen molar-refractivity contribution >= 4 is 5.78 Å². The zero-order chi connectivity index (χ0) is 13.5. The van der Waals surface area contributed by atoms with Crippen molar-refractivity contribution in [1.29, 1.82) is 0 Å². The maximum Gasteiger partial charge on any atom is 0.197 e. The Balaban J connectivity index is 2.07. The molecular weight excluding hydrogens is 248 g/mol. The quantitative estimate of drug-likeness (QED) is 0.574. The Morgan fingerprint density at radius 2 is 2.16 bits per heavy atom. The second kappa shape index (κ2) is 7.23. The normalized spacial score (nSPS) is 19.1. The summed E-state index contributed by atoms with van der Waals surface area (Å²) in [4.78, 5) is 12.3. The van der Waals surface area contributed by atoms with Crippen LogP contribution in [0.15, 0.2) is 24.3 Å². The second-order valence-corrected chi connectivity index (χ2v) is 4.14. The molecule has 1 aromatic rings. The fourth-order valence-corrected chi connectivity index (χ4v) is 1.84. The molecule has 1 heterocycles. The smallest absolute Gasteiger partial charge is 0.197 e. The van der Waals surface area contributed by atoms with Gasteiger partial charge in [0.25, 0.3) is 0 Å². The molecule has 1 fully saturated rings. The summed E-state index contributed by atoms with van der Waals surface area (Å²) in [5, 5.41) is 0. The number of hydrogen-bond acceptors (Lipinski definition) is 5. The van der Waals surface area contributed by atoms with Crippen LogP contribution in [0.2, 0.25) is 0 Å². The van der Waals surface area contributed by atoms with Crippen LogP contribution < -0.4 is 4.74 Å². The number of ether oxygens (including phenoxy) is 4. The van der Waals surface area contributed by atoms with Gasteiger partial charge >= 0.3 is 0 Å². The van der Waals surface area contributed by atoms with Crippen LogP contribution >= 0.6 is 0 Å². The third-order valence-electron chi connectivity index (χ3n) is 2.81. The van der Waals surface area contributed by atoms with E-state index in [1.54, 1.807) is 25.3 Å². The number of para-hydroxylation sites is 1. The maximum atomic E-state index is 12.3. The highest BCUT2D eigenvalue weighted by atomic mass is 16.6. The largest absolute Gasteiger partial charge is 0.490 e. The topological polar surface area (TPSA) is 54.0 Å². The molecule has 19 heavy (non-hydrogen) atoms. The first kappa shape index (κ1) is 14.0. The van der Waals surface area contributed by atoms with E-state index < -0.39 is 6.10 Å². The molecular formula is C14H18O5. The van der Waals surface area contributed by atoms with Crippen LogP contribution in [-0.4, -0.2) is 52.0 Å². The Hall–Kier alpha value is -1.43. The van der Waals surface area contributed by atoms with Gasteiger partial charge in [0.05, 0.1) is 32.0 Å². The van der Waals surface area contributed by atoms with Crippen LogP contribution in [0.5, 0.6) is 5.75 Å². The zero-order valence-electron chi connectivity index (χ0n) is 11.0. The second-order valence-electron chi connectivity index (χ2n) is 4.14. The number of ketones is 1. The molecule has 0 saturated carbocycles. The number of carbonyl (C=O) groups excluding carboxylic acids is 1. The van der Waals surface area contributed by atoms with Crippen molar-refractivity contribution in [1.82, 2.24) is 0 Å². The van der Waals surface area contributed by atoms with Gasteiger partial charge in [0, 0.05) is 7.11 Å². The summed E-state index contributed by atoms with van der Waals surface area (Å²) in [7, 11) is 1.60. The molecule has 5 nitrogen and oxygen atoms in total. The molecule has 0 spiro atoms. The number of rotatable bonds is 6. The van der Waals surface area contributed by atoms with E-state index >= 15 is 0 Å². The number of hydrogen-bond donors (Lipinski definition) is 0.